The average molecular weight is 243 g/mol. The second-order valence-electron chi connectivity index (χ2n) is 5.57. The van der Waals surface area contributed by atoms with Gasteiger partial charge in [-0.3, -0.25) is 4.90 Å². The summed E-state index contributed by atoms with van der Waals surface area (Å²) in [6.07, 6.45) is 2.99. The number of fused-ring (bicyclic) bond motifs is 4. The van der Waals surface area contributed by atoms with E-state index in [4.69, 9.17) is 4.74 Å². The van der Waals surface area contributed by atoms with E-state index >= 15 is 0 Å². The van der Waals surface area contributed by atoms with Gasteiger partial charge in [-0.2, -0.15) is 0 Å². The molecule has 0 amide bonds. The van der Waals surface area contributed by atoms with Crippen molar-refractivity contribution in [3.8, 4) is 0 Å². The van der Waals surface area contributed by atoms with Gasteiger partial charge in [0.15, 0.2) is 0 Å². The van der Waals surface area contributed by atoms with Gasteiger partial charge in [-0.25, -0.2) is 4.79 Å². The lowest BCUT2D eigenvalue weighted by Crippen LogP contribution is -2.45. The highest BCUT2D eigenvalue weighted by Gasteiger charge is 2.82. The molecule has 3 heteroatoms. The molecule has 0 N–H and O–H groups in total. The fraction of sp³-hybridized carbons (Fsp3) is 0.533. The van der Waals surface area contributed by atoms with Crippen molar-refractivity contribution in [2.45, 2.75) is 43.8 Å². The maximum atomic E-state index is 12.2. The molecule has 18 heavy (non-hydrogen) atoms. The van der Waals surface area contributed by atoms with Crippen molar-refractivity contribution in [3.63, 3.8) is 0 Å². The minimum Gasteiger partial charge on any atom is -0.464 e. The minimum atomic E-state index is -0.271. The lowest BCUT2D eigenvalue weighted by atomic mass is 9.78. The van der Waals surface area contributed by atoms with E-state index < -0.39 is 0 Å². The summed E-state index contributed by atoms with van der Waals surface area (Å²) in [7, 11) is 0. The lowest BCUT2D eigenvalue weighted by Gasteiger charge is -2.35. The molecule has 2 saturated heterocycles. The molecule has 3 aliphatic rings. The van der Waals surface area contributed by atoms with Crippen molar-refractivity contribution in [2.75, 3.05) is 6.61 Å². The Kier molecular flexibility index (Phi) is 1.97. The number of nitrogens with zero attached hydrogens (tertiary/aromatic N) is 1. The van der Waals surface area contributed by atoms with E-state index in [0.29, 0.717) is 18.7 Å². The SMILES string of the molecule is CCCCOC(=O)C12C[C@@H]3c4ccccc4[C@H]1N32. The summed E-state index contributed by atoms with van der Waals surface area (Å²) in [5.41, 5.74) is 2.50. The van der Waals surface area contributed by atoms with Gasteiger partial charge in [0.2, 0.25) is 0 Å². The zero-order valence-corrected chi connectivity index (χ0v) is 10.6. The predicted octanol–water partition coefficient (Wildman–Crippen LogP) is 2.58. The molecule has 0 saturated carbocycles. The largest absolute Gasteiger partial charge is 0.464 e. The highest BCUT2D eigenvalue weighted by Crippen LogP contribution is 2.76. The molecule has 3 aliphatic heterocycles. The van der Waals surface area contributed by atoms with Crippen LogP contribution < -0.4 is 0 Å². The van der Waals surface area contributed by atoms with Crippen molar-refractivity contribution in [2.24, 2.45) is 0 Å². The zero-order valence-electron chi connectivity index (χ0n) is 10.6. The molecule has 0 bridgehead atoms. The third-order valence-electron chi connectivity index (χ3n) is 4.70. The Bertz CT molecular complexity index is 527. The minimum absolute atomic E-state index is 0.00621. The molecule has 0 aromatic heterocycles. The summed E-state index contributed by atoms with van der Waals surface area (Å²) in [5.74, 6) is 0.00621. The van der Waals surface area contributed by atoms with E-state index in [1.807, 2.05) is 0 Å². The van der Waals surface area contributed by atoms with E-state index in [0.717, 1.165) is 19.3 Å². The number of carbonyl (C=O) groups is 1. The summed E-state index contributed by atoms with van der Waals surface area (Å²) in [6, 6.07) is 9.30. The first-order valence-electron chi connectivity index (χ1n) is 6.85. The van der Waals surface area contributed by atoms with Crippen LogP contribution in [-0.2, 0) is 9.53 Å². The first-order valence-corrected chi connectivity index (χ1v) is 6.85. The van der Waals surface area contributed by atoms with Crippen LogP contribution in [0.1, 0.15) is 49.4 Å². The summed E-state index contributed by atoms with van der Waals surface area (Å²) in [6.45, 7) is 2.68. The van der Waals surface area contributed by atoms with Crippen LogP contribution in [0.4, 0.5) is 0 Å². The fourth-order valence-corrected chi connectivity index (χ4v) is 3.77. The summed E-state index contributed by atoms with van der Waals surface area (Å²) in [5, 5.41) is 0. The molecule has 0 spiro atoms. The monoisotopic (exact) mass is 243 g/mol. The molecule has 1 aromatic carbocycles. The number of rotatable bonds is 4. The van der Waals surface area contributed by atoms with Gasteiger partial charge in [0.1, 0.15) is 5.54 Å². The maximum absolute atomic E-state index is 12.2. The molecule has 0 radical (unpaired) electrons. The first kappa shape index (κ1) is 10.6. The summed E-state index contributed by atoms with van der Waals surface area (Å²) >= 11 is 0. The number of hydrogen-bond acceptors (Lipinski definition) is 3. The van der Waals surface area contributed by atoms with Crippen molar-refractivity contribution in [1.82, 2.24) is 4.90 Å². The Labute approximate surface area is 107 Å². The van der Waals surface area contributed by atoms with Gasteiger partial charge in [-0.15, -0.1) is 0 Å². The van der Waals surface area contributed by atoms with E-state index in [-0.39, 0.29) is 11.5 Å². The molecule has 2 fully saturated rings. The summed E-state index contributed by atoms with van der Waals surface area (Å²) < 4.78 is 5.42. The highest BCUT2D eigenvalue weighted by atomic mass is 16.5. The fourth-order valence-electron chi connectivity index (χ4n) is 3.77. The van der Waals surface area contributed by atoms with Crippen LogP contribution in [0.2, 0.25) is 0 Å². The van der Waals surface area contributed by atoms with Crippen LogP contribution in [0.15, 0.2) is 24.3 Å². The quantitative estimate of drug-likeness (QED) is 0.462. The predicted molar refractivity (Wildman–Crippen MR) is 67.0 cm³/mol. The molecule has 4 atom stereocenters. The lowest BCUT2D eigenvalue weighted by molar-refractivity contribution is -0.152. The van der Waals surface area contributed by atoms with Gasteiger partial charge in [0.05, 0.1) is 12.6 Å². The molecular weight excluding hydrogens is 226 g/mol. The Morgan fingerprint density at radius 3 is 3.00 bits per heavy atom. The molecule has 2 unspecified atom stereocenters. The number of unbranched alkanes of at least 4 members (excludes halogenated alkanes) is 1. The van der Waals surface area contributed by atoms with Crippen molar-refractivity contribution >= 4 is 5.97 Å². The topological polar surface area (TPSA) is 29.3 Å². The normalized spacial score (nSPS) is 37.5. The van der Waals surface area contributed by atoms with Gasteiger partial charge < -0.3 is 4.74 Å². The van der Waals surface area contributed by atoms with Gasteiger partial charge in [0.25, 0.3) is 0 Å². The van der Waals surface area contributed by atoms with Gasteiger partial charge in [-0.05, 0) is 24.0 Å². The Morgan fingerprint density at radius 2 is 2.22 bits per heavy atom. The third-order valence-corrected chi connectivity index (χ3v) is 4.70. The number of carbonyl (C=O) groups excluding carboxylic acids is 1. The Balaban J connectivity index is 1.54. The molecule has 4 rings (SSSR count). The van der Waals surface area contributed by atoms with E-state index in [1.165, 1.54) is 11.1 Å². The van der Waals surface area contributed by atoms with Crippen LogP contribution in [0.3, 0.4) is 0 Å². The molecular formula is C15H17NO2. The molecule has 3 heterocycles. The van der Waals surface area contributed by atoms with Crippen molar-refractivity contribution < 1.29 is 9.53 Å². The maximum Gasteiger partial charge on any atom is 0.328 e. The van der Waals surface area contributed by atoms with Crippen LogP contribution >= 0.6 is 0 Å². The first-order chi connectivity index (χ1) is 8.80. The average Bonchev–Trinajstić information content (AvgIpc) is 2.79. The summed E-state index contributed by atoms with van der Waals surface area (Å²) in [4.78, 5) is 14.5. The van der Waals surface area contributed by atoms with Crippen molar-refractivity contribution in [1.29, 1.82) is 0 Å². The number of ether oxygens (including phenoxy) is 1. The molecule has 94 valence electrons. The third kappa shape index (κ3) is 1.02. The molecule has 3 nitrogen and oxygen atoms in total. The molecule has 1 aromatic rings. The van der Waals surface area contributed by atoms with E-state index in [9.17, 15) is 4.79 Å². The van der Waals surface area contributed by atoms with Crippen LogP contribution in [0.25, 0.3) is 0 Å². The van der Waals surface area contributed by atoms with Crippen molar-refractivity contribution in [3.05, 3.63) is 35.4 Å². The second-order valence-corrected chi connectivity index (χ2v) is 5.57. The van der Waals surface area contributed by atoms with Crippen LogP contribution in [0, 0.1) is 0 Å². The van der Waals surface area contributed by atoms with Gasteiger partial charge in [-0.1, -0.05) is 37.6 Å². The number of esters is 1. The zero-order chi connectivity index (χ0) is 12.3. The Hall–Kier alpha value is -1.35. The number of benzene rings is 1. The second kappa shape index (κ2) is 3.35. The number of hydrogen-bond donors (Lipinski definition) is 0. The smallest absolute Gasteiger partial charge is 0.328 e. The Morgan fingerprint density at radius 1 is 1.44 bits per heavy atom. The standard InChI is InChI=1S/C15H17NO2/c1-2-3-8-18-14(17)15-9-12-10-6-4-5-7-11(10)13(15)16(12)15/h4-7,12-13H,2-3,8-9H2,1H3/t12-,13-,15?,16?/m1/s1. The van der Waals surface area contributed by atoms with Crippen LogP contribution in [-0.4, -0.2) is 23.0 Å². The van der Waals surface area contributed by atoms with Crippen LogP contribution in [0.5, 0.6) is 0 Å². The van der Waals surface area contributed by atoms with E-state index in [1.54, 1.807) is 0 Å². The molecule has 0 aliphatic carbocycles. The van der Waals surface area contributed by atoms with Gasteiger partial charge >= 0.3 is 5.97 Å². The van der Waals surface area contributed by atoms with Gasteiger partial charge in [0, 0.05) is 6.04 Å². The van der Waals surface area contributed by atoms with E-state index in [2.05, 4.69) is 36.1 Å². The highest BCUT2D eigenvalue weighted by molar-refractivity contribution is 5.90.